The zero-order valence-electron chi connectivity index (χ0n) is 8.80. The van der Waals surface area contributed by atoms with Crippen LogP contribution in [0.4, 0.5) is 0 Å². The number of nitrogens with zero attached hydrogens (tertiary/aromatic N) is 2. The molecule has 1 aliphatic rings. The molecule has 0 spiro atoms. The monoisotopic (exact) mass is 207 g/mol. The van der Waals surface area contributed by atoms with Crippen molar-refractivity contribution in [2.45, 2.75) is 19.3 Å². The lowest BCUT2D eigenvalue weighted by atomic mass is 9.97. The van der Waals surface area contributed by atoms with Gasteiger partial charge in [0, 0.05) is 12.3 Å². The van der Waals surface area contributed by atoms with Gasteiger partial charge in [-0.3, -0.25) is 0 Å². The molecular weight excluding hydrogens is 190 g/mol. The highest BCUT2D eigenvalue weighted by Crippen LogP contribution is 2.31. The Morgan fingerprint density at radius 3 is 3.00 bits per heavy atom. The van der Waals surface area contributed by atoms with Crippen LogP contribution in [0.3, 0.4) is 0 Å². The van der Waals surface area contributed by atoms with E-state index in [1.807, 2.05) is 0 Å². The van der Waals surface area contributed by atoms with Gasteiger partial charge in [0.1, 0.15) is 6.33 Å². The van der Waals surface area contributed by atoms with E-state index in [1.165, 1.54) is 25.6 Å². The standard InChI is InChI=1S/C11H17N3O/c12-6-9-2-1-3-10(9)7-15-11-4-5-13-8-14-11/h4-5,8-10H,1-3,6-7,12H2. The molecule has 0 amide bonds. The summed E-state index contributed by atoms with van der Waals surface area (Å²) in [6.07, 6.45) is 6.95. The van der Waals surface area contributed by atoms with Crippen LogP contribution in [0.1, 0.15) is 19.3 Å². The molecule has 4 nitrogen and oxygen atoms in total. The Labute approximate surface area is 89.9 Å². The molecule has 2 unspecified atom stereocenters. The van der Waals surface area contributed by atoms with Crippen molar-refractivity contribution in [3.05, 3.63) is 18.6 Å². The van der Waals surface area contributed by atoms with Crippen molar-refractivity contribution in [3.8, 4) is 5.88 Å². The van der Waals surface area contributed by atoms with Crippen molar-refractivity contribution in [2.75, 3.05) is 13.2 Å². The van der Waals surface area contributed by atoms with Gasteiger partial charge in [-0.05, 0) is 31.2 Å². The van der Waals surface area contributed by atoms with Crippen LogP contribution < -0.4 is 10.5 Å². The Morgan fingerprint density at radius 2 is 2.27 bits per heavy atom. The largest absolute Gasteiger partial charge is 0.477 e. The van der Waals surface area contributed by atoms with Gasteiger partial charge in [-0.1, -0.05) is 6.42 Å². The number of hydrogen-bond acceptors (Lipinski definition) is 4. The smallest absolute Gasteiger partial charge is 0.216 e. The van der Waals surface area contributed by atoms with Crippen LogP contribution in [0.15, 0.2) is 18.6 Å². The maximum absolute atomic E-state index is 5.71. The van der Waals surface area contributed by atoms with Crippen molar-refractivity contribution in [1.82, 2.24) is 9.97 Å². The van der Waals surface area contributed by atoms with E-state index in [4.69, 9.17) is 10.5 Å². The van der Waals surface area contributed by atoms with Gasteiger partial charge >= 0.3 is 0 Å². The Morgan fingerprint density at radius 1 is 1.40 bits per heavy atom. The van der Waals surface area contributed by atoms with E-state index < -0.39 is 0 Å². The fourth-order valence-corrected chi connectivity index (χ4v) is 2.20. The molecule has 1 fully saturated rings. The maximum Gasteiger partial charge on any atom is 0.216 e. The van der Waals surface area contributed by atoms with E-state index >= 15 is 0 Å². The van der Waals surface area contributed by atoms with E-state index in [-0.39, 0.29) is 0 Å². The summed E-state index contributed by atoms with van der Waals surface area (Å²) in [4.78, 5) is 7.87. The van der Waals surface area contributed by atoms with Gasteiger partial charge in [0.15, 0.2) is 0 Å². The summed E-state index contributed by atoms with van der Waals surface area (Å²) in [5, 5.41) is 0. The van der Waals surface area contributed by atoms with Crippen molar-refractivity contribution >= 4 is 0 Å². The van der Waals surface area contributed by atoms with Crippen molar-refractivity contribution in [2.24, 2.45) is 17.6 Å². The van der Waals surface area contributed by atoms with Crippen LogP contribution in [0.5, 0.6) is 5.88 Å². The average Bonchev–Trinajstić information content (AvgIpc) is 2.75. The lowest BCUT2D eigenvalue weighted by molar-refractivity contribution is 0.210. The summed E-state index contributed by atoms with van der Waals surface area (Å²) in [7, 11) is 0. The molecule has 0 aliphatic heterocycles. The third-order valence-electron chi connectivity index (χ3n) is 3.12. The van der Waals surface area contributed by atoms with Crippen LogP contribution in [0.25, 0.3) is 0 Å². The first kappa shape index (κ1) is 10.4. The number of aromatic nitrogens is 2. The number of ether oxygens (including phenoxy) is 1. The lowest BCUT2D eigenvalue weighted by Gasteiger charge is -2.17. The SMILES string of the molecule is NCC1CCCC1COc1ccncn1. The maximum atomic E-state index is 5.71. The molecule has 4 heteroatoms. The second-order valence-electron chi connectivity index (χ2n) is 4.05. The molecule has 1 aromatic heterocycles. The van der Waals surface area contributed by atoms with E-state index in [9.17, 15) is 0 Å². The summed E-state index contributed by atoms with van der Waals surface area (Å²) >= 11 is 0. The number of hydrogen-bond donors (Lipinski definition) is 1. The van der Waals surface area contributed by atoms with Gasteiger partial charge in [-0.15, -0.1) is 0 Å². The van der Waals surface area contributed by atoms with Gasteiger partial charge in [0.05, 0.1) is 6.61 Å². The Kier molecular flexibility index (Phi) is 3.50. The number of nitrogens with two attached hydrogens (primary N) is 1. The molecule has 15 heavy (non-hydrogen) atoms. The first-order chi connectivity index (χ1) is 7.40. The van der Waals surface area contributed by atoms with E-state index in [2.05, 4.69) is 9.97 Å². The van der Waals surface area contributed by atoms with Crippen LogP contribution in [0, 0.1) is 11.8 Å². The molecule has 1 aromatic rings. The summed E-state index contributed by atoms with van der Waals surface area (Å²) in [5.41, 5.74) is 5.71. The second-order valence-corrected chi connectivity index (χ2v) is 4.05. The third kappa shape index (κ3) is 2.65. The van der Waals surface area contributed by atoms with Crippen molar-refractivity contribution < 1.29 is 4.74 Å². The molecule has 1 heterocycles. The minimum absolute atomic E-state index is 0.602. The topological polar surface area (TPSA) is 61.0 Å². The summed E-state index contributed by atoms with van der Waals surface area (Å²) < 4.78 is 5.62. The van der Waals surface area contributed by atoms with E-state index in [0.717, 1.165) is 13.2 Å². The van der Waals surface area contributed by atoms with Crippen LogP contribution in [-0.2, 0) is 0 Å². The molecule has 2 rings (SSSR count). The molecule has 0 saturated heterocycles. The summed E-state index contributed by atoms with van der Waals surface area (Å²) in [6, 6.07) is 1.78. The molecule has 1 aliphatic carbocycles. The highest BCUT2D eigenvalue weighted by atomic mass is 16.5. The van der Waals surface area contributed by atoms with Gasteiger partial charge < -0.3 is 10.5 Å². The highest BCUT2D eigenvalue weighted by molar-refractivity contribution is 5.04. The van der Waals surface area contributed by atoms with Gasteiger partial charge in [-0.2, -0.15) is 0 Å². The van der Waals surface area contributed by atoms with Crippen LogP contribution in [-0.4, -0.2) is 23.1 Å². The van der Waals surface area contributed by atoms with Gasteiger partial charge in [0.25, 0.3) is 0 Å². The van der Waals surface area contributed by atoms with Gasteiger partial charge in [0.2, 0.25) is 5.88 Å². The van der Waals surface area contributed by atoms with E-state index in [0.29, 0.717) is 17.7 Å². The number of rotatable bonds is 4. The molecule has 2 atom stereocenters. The third-order valence-corrected chi connectivity index (χ3v) is 3.12. The van der Waals surface area contributed by atoms with Crippen molar-refractivity contribution in [3.63, 3.8) is 0 Å². The van der Waals surface area contributed by atoms with Crippen LogP contribution in [0.2, 0.25) is 0 Å². The Balaban J connectivity index is 1.83. The zero-order chi connectivity index (χ0) is 10.5. The average molecular weight is 207 g/mol. The fourth-order valence-electron chi connectivity index (χ4n) is 2.20. The molecule has 0 radical (unpaired) electrons. The summed E-state index contributed by atoms with van der Waals surface area (Å²) in [5.74, 6) is 1.89. The van der Waals surface area contributed by atoms with E-state index in [1.54, 1.807) is 12.3 Å². The molecular formula is C11H17N3O. The van der Waals surface area contributed by atoms with Crippen LogP contribution >= 0.6 is 0 Å². The second kappa shape index (κ2) is 5.07. The minimum atomic E-state index is 0.602. The van der Waals surface area contributed by atoms with Gasteiger partial charge in [-0.25, -0.2) is 9.97 Å². The molecule has 0 aromatic carbocycles. The molecule has 1 saturated carbocycles. The predicted molar refractivity (Wildman–Crippen MR) is 57.4 cm³/mol. The first-order valence-electron chi connectivity index (χ1n) is 5.49. The molecule has 82 valence electrons. The lowest BCUT2D eigenvalue weighted by Crippen LogP contribution is -2.23. The predicted octanol–water partition coefficient (Wildman–Crippen LogP) is 1.23. The summed E-state index contributed by atoms with van der Waals surface area (Å²) in [6.45, 7) is 1.51. The Bertz CT molecular complexity index is 291. The molecule has 2 N–H and O–H groups in total. The Hall–Kier alpha value is -1.16. The first-order valence-corrected chi connectivity index (χ1v) is 5.49. The molecule has 0 bridgehead atoms. The zero-order valence-corrected chi connectivity index (χ0v) is 8.80. The highest BCUT2D eigenvalue weighted by Gasteiger charge is 2.26. The quantitative estimate of drug-likeness (QED) is 0.806. The fraction of sp³-hybridized carbons (Fsp3) is 0.636. The normalized spacial score (nSPS) is 25.4. The minimum Gasteiger partial charge on any atom is -0.477 e. The van der Waals surface area contributed by atoms with Crippen molar-refractivity contribution in [1.29, 1.82) is 0 Å².